The minimum absolute atomic E-state index is 0.279. The summed E-state index contributed by atoms with van der Waals surface area (Å²) in [5.41, 5.74) is 2.30. The van der Waals surface area contributed by atoms with E-state index in [2.05, 4.69) is 20.6 Å². The lowest BCUT2D eigenvalue weighted by molar-refractivity contribution is 0.0950. The van der Waals surface area contributed by atoms with E-state index in [1.165, 1.54) is 24.5 Å². The number of amides is 1. The largest absolute Gasteiger partial charge is 0.350 e. The third kappa shape index (κ3) is 4.84. The van der Waals surface area contributed by atoms with E-state index in [-0.39, 0.29) is 11.7 Å². The standard InChI is InChI=1S/C19H17FN4O/c20-17-8-6-15(7-9-17)10-21-18(25)16-12-23-19(24-13-16)22-11-14-4-2-1-3-5-14/h1-9,12-13H,10-11H2,(H,21,25)(H,22,23,24). The Morgan fingerprint density at radius 2 is 1.52 bits per heavy atom. The number of anilines is 1. The Bertz CT molecular complexity index is 820. The Kier molecular flexibility index (Phi) is 5.31. The van der Waals surface area contributed by atoms with Gasteiger partial charge >= 0.3 is 0 Å². The molecular weight excluding hydrogens is 319 g/mol. The quantitative estimate of drug-likeness (QED) is 0.726. The zero-order chi connectivity index (χ0) is 17.5. The van der Waals surface area contributed by atoms with Crippen molar-refractivity contribution in [2.24, 2.45) is 0 Å². The molecule has 0 spiro atoms. The molecule has 0 saturated carbocycles. The zero-order valence-electron chi connectivity index (χ0n) is 13.4. The van der Waals surface area contributed by atoms with E-state index >= 15 is 0 Å². The number of carbonyl (C=O) groups excluding carboxylic acids is 1. The SMILES string of the molecule is O=C(NCc1ccc(F)cc1)c1cnc(NCc2ccccc2)nc1. The van der Waals surface area contributed by atoms with E-state index < -0.39 is 0 Å². The molecule has 0 atom stereocenters. The average Bonchev–Trinajstić information content (AvgIpc) is 2.67. The van der Waals surface area contributed by atoms with Crippen molar-refractivity contribution in [2.45, 2.75) is 13.1 Å². The van der Waals surface area contributed by atoms with Crippen molar-refractivity contribution in [3.05, 3.63) is 89.5 Å². The molecule has 2 aromatic carbocycles. The summed E-state index contributed by atoms with van der Waals surface area (Å²) in [4.78, 5) is 20.4. The van der Waals surface area contributed by atoms with Crippen molar-refractivity contribution in [2.75, 3.05) is 5.32 Å². The molecule has 0 saturated heterocycles. The number of carbonyl (C=O) groups is 1. The van der Waals surface area contributed by atoms with Crippen LogP contribution in [0.25, 0.3) is 0 Å². The van der Waals surface area contributed by atoms with E-state index in [1.807, 2.05) is 30.3 Å². The summed E-state index contributed by atoms with van der Waals surface area (Å²) >= 11 is 0. The summed E-state index contributed by atoms with van der Waals surface area (Å²) < 4.78 is 12.8. The van der Waals surface area contributed by atoms with Crippen LogP contribution in [-0.2, 0) is 13.1 Å². The first-order valence-corrected chi connectivity index (χ1v) is 7.83. The van der Waals surface area contributed by atoms with Gasteiger partial charge in [-0.3, -0.25) is 4.79 Å². The van der Waals surface area contributed by atoms with Gasteiger partial charge in [-0.05, 0) is 23.3 Å². The van der Waals surface area contributed by atoms with E-state index in [9.17, 15) is 9.18 Å². The molecule has 126 valence electrons. The van der Waals surface area contributed by atoms with Gasteiger partial charge in [-0.2, -0.15) is 0 Å². The maximum absolute atomic E-state index is 12.8. The second-order valence-corrected chi connectivity index (χ2v) is 5.44. The smallest absolute Gasteiger partial charge is 0.254 e. The zero-order valence-corrected chi connectivity index (χ0v) is 13.4. The third-order valence-corrected chi connectivity index (χ3v) is 3.57. The van der Waals surface area contributed by atoms with Crippen LogP contribution in [0.3, 0.4) is 0 Å². The Labute approximate surface area is 145 Å². The molecule has 2 N–H and O–H groups in total. The van der Waals surface area contributed by atoms with Crippen LogP contribution in [0.5, 0.6) is 0 Å². The fourth-order valence-electron chi connectivity index (χ4n) is 2.20. The summed E-state index contributed by atoms with van der Waals surface area (Å²) in [5, 5.41) is 5.85. The van der Waals surface area contributed by atoms with Crippen LogP contribution < -0.4 is 10.6 Å². The monoisotopic (exact) mass is 336 g/mol. The van der Waals surface area contributed by atoms with Gasteiger partial charge in [-0.15, -0.1) is 0 Å². The average molecular weight is 336 g/mol. The maximum atomic E-state index is 12.8. The Balaban J connectivity index is 1.52. The highest BCUT2D eigenvalue weighted by Gasteiger charge is 2.07. The molecule has 1 amide bonds. The van der Waals surface area contributed by atoms with E-state index in [0.717, 1.165) is 11.1 Å². The summed E-state index contributed by atoms with van der Waals surface area (Å²) in [6.45, 7) is 0.921. The molecule has 0 radical (unpaired) electrons. The van der Waals surface area contributed by atoms with Gasteiger partial charge in [0.1, 0.15) is 5.82 Å². The maximum Gasteiger partial charge on any atom is 0.254 e. The third-order valence-electron chi connectivity index (χ3n) is 3.57. The first kappa shape index (κ1) is 16.6. The van der Waals surface area contributed by atoms with Crippen LogP contribution in [0.1, 0.15) is 21.5 Å². The van der Waals surface area contributed by atoms with Crippen LogP contribution in [0.15, 0.2) is 67.0 Å². The first-order chi connectivity index (χ1) is 12.2. The molecule has 1 aromatic heterocycles. The molecule has 0 bridgehead atoms. The highest BCUT2D eigenvalue weighted by molar-refractivity contribution is 5.93. The second-order valence-electron chi connectivity index (χ2n) is 5.44. The highest BCUT2D eigenvalue weighted by atomic mass is 19.1. The molecule has 0 aliphatic carbocycles. The van der Waals surface area contributed by atoms with Crippen LogP contribution in [-0.4, -0.2) is 15.9 Å². The van der Waals surface area contributed by atoms with Crippen molar-refractivity contribution in [3.63, 3.8) is 0 Å². The van der Waals surface area contributed by atoms with Crippen molar-refractivity contribution >= 4 is 11.9 Å². The van der Waals surface area contributed by atoms with Gasteiger partial charge in [0.15, 0.2) is 0 Å². The lowest BCUT2D eigenvalue weighted by Crippen LogP contribution is -2.23. The van der Waals surface area contributed by atoms with Gasteiger partial charge in [0.05, 0.1) is 5.56 Å². The molecular formula is C19H17FN4O. The predicted octanol–water partition coefficient (Wildman–Crippen LogP) is 3.16. The molecule has 3 aromatic rings. The lowest BCUT2D eigenvalue weighted by atomic mass is 10.2. The van der Waals surface area contributed by atoms with Crippen LogP contribution in [0, 0.1) is 5.82 Å². The minimum atomic E-state index is -0.304. The van der Waals surface area contributed by atoms with Gasteiger partial charge in [0, 0.05) is 25.5 Å². The number of halogens is 1. The summed E-state index contributed by atoms with van der Waals surface area (Å²) in [6, 6.07) is 15.9. The Morgan fingerprint density at radius 3 is 2.20 bits per heavy atom. The van der Waals surface area contributed by atoms with Gasteiger partial charge in [-0.25, -0.2) is 14.4 Å². The van der Waals surface area contributed by atoms with E-state index in [4.69, 9.17) is 0 Å². The van der Waals surface area contributed by atoms with Crippen LogP contribution in [0.4, 0.5) is 10.3 Å². The van der Waals surface area contributed by atoms with Crippen LogP contribution >= 0.6 is 0 Å². The highest BCUT2D eigenvalue weighted by Crippen LogP contribution is 2.06. The summed E-state index contributed by atoms with van der Waals surface area (Å²) in [5.74, 6) is -0.125. The van der Waals surface area contributed by atoms with Crippen molar-refractivity contribution in [1.29, 1.82) is 0 Å². The lowest BCUT2D eigenvalue weighted by Gasteiger charge is -2.07. The molecule has 0 fully saturated rings. The summed E-state index contributed by atoms with van der Waals surface area (Å²) in [6.07, 6.45) is 2.95. The number of nitrogens with one attached hydrogen (secondary N) is 2. The van der Waals surface area contributed by atoms with Gasteiger partial charge in [0.2, 0.25) is 5.95 Å². The van der Waals surface area contributed by atoms with Gasteiger partial charge < -0.3 is 10.6 Å². The molecule has 0 unspecified atom stereocenters. The molecule has 5 nitrogen and oxygen atoms in total. The second kappa shape index (κ2) is 8.01. The van der Waals surface area contributed by atoms with Crippen molar-refractivity contribution in [1.82, 2.24) is 15.3 Å². The van der Waals surface area contributed by atoms with E-state index in [1.54, 1.807) is 12.1 Å². The molecule has 25 heavy (non-hydrogen) atoms. The number of aromatic nitrogens is 2. The normalized spacial score (nSPS) is 10.3. The number of benzene rings is 2. The number of nitrogens with zero attached hydrogens (tertiary/aromatic N) is 2. The minimum Gasteiger partial charge on any atom is -0.350 e. The van der Waals surface area contributed by atoms with Crippen molar-refractivity contribution in [3.8, 4) is 0 Å². The summed E-state index contributed by atoms with van der Waals surface area (Å²) in [7, 11) is 0. The number of rotatable bonds is 6. The van der Waals surface area contributed by atoms with Gasteiger partial charge in [-0.1, -0.05) is 42.5 Å². The molecule has 0 aliphatic rings. The molecule has 0 aliphatic heterocycles. The van der Waals surface area contributed by atoms with Crippen LogP contribution in [0.2, 0.25) is 0 Å². The van der Waals surface area contributed by atoms with Gasteiger partial charge in [0.25, 0.3) is 5.91 Å². The molecule has 1 heterocycles. The number of hydrogen-bond donors (Lipinski definition) is 2. The molecule has 3 rings (SSSR count). The Morgan fingerprint density at radius 1 is 0.880 bits per heavy atom. The predicted molar refractivity (Wildman–Crippen MR) is 93.4 cm³/mol. The Hall–Kier alpha value is -3.28. The number of hydrogen-bond acceptors (Lipinski definition) is 4. The fourth-order valence-corrected chi connectivity index (χ4v) is 2.20. The topological polar surface area (TPSA) is 66.9 Å². The first-order valence-electron chi connectivity index (χ1n) is 7.83. The molecule has 6 heteroatoms. The van der Waals surface area contributed by atoms with E-state index in [0.29, 0.717) is 24.6 Å². The van der Waals surface area contributed by atoms with Crippen molar-refractivity contribution < 1.29 is 9.18 Å². The fraction of sp³-hybridized carbons (Fsp3) is 0.105.